The number of hydrazone groups is 1. The number of anilines is 1. The zero-order chi connectivity index (χ0) is 18.8. The highest BCUT2D eigenvalue weighted by Gasteiger charge is 2.14. The van der Waals surface area contributed by atoms with Gasteiger partial charge in [-0.25, -0.2) is 14.4 Å². The fraction of sp³-hybridized carbons (Fsp3) is 0.0556. The van der Waals surface area contributed by atoms with Crippen molar-refractivity contribution in [2.24, 2.45) is 5.10 Å². The fourth-order valence-electron chi connectivity index (χ4n) is 2.55. The van der Waals surface area contributed by atoms with Crippen molar-refractivity contribution < 1.29 is 4.39 Å². The predicted octanol–water partition coefficient (Wildman–Crippen LogP) is 3.76. The normalized spacial score (nSPS) is 11.4. The molecule has 0 spiro atoms. The van der Waals surface area contributed by atoms with Crippen LogP contribution >= 0.6 is 11.6 Å². The zero-order valence-electron chi connectivity index (χ0n) is 14.1. The molecule has 0 aliphatic rings. The van der Waals surface area contributed by atoms with E-state index in [0.717, 1.165) is 17.3 Å². The summed E-state index contributed by atoms with van der Waals surface area (Å²) < 4.78 is 14.7. The Hall–Kier alpha value is -3.39. The van der Waals surface area contributed by atoms with E-state index in [9.17, 15) is 4.39 Å². The van der Waals surface area contributed by atoms with E-state index >= 15 is 0 Å². The van der Waals surface area contributed by atoms with Gasteiger partial charge in [0.15, 0.2) is 17.0 Å². The molecule has 0 unspecified atom stereocenters. The van der Waals surface area contributed by atoms with Gasteiger partial charge in [0.05, 0.1) is 12.4 Å². The number of halogens is 2. The molecule has 134 valence electrons. The number of aryl methyl sites for hydroxylation is 1. The number of benzene rings is 1. The minimum absolute atomic E-state index is 0.0274. The monoisotopic (exact) mass is 381 g/mol. The lowest BCUT2D eigenvalue weighted by atomic mass is 10.2. The molecule has 4 aromatic rings. The molecule has 1 aromatic carbocycles. The van der Waals surface area contributed by atoms with Gasteiger partial charge in [0, 0.05) is 0 Å². The molecule has 4 rings (SSSR count). The summed E-state index contributed by atoms with van der Waals surface area (Å²) in [4.78, 5) is 16.7. The maximum absolute atomic E-state index is 13.1. The Morgan fingerprint density at radius 1 is 1.19 bits per heavy atom. The summed E-state index contributed by atoms with van der Waals surface area (Å²) >= 11 is 6.05. The van der Waals surface area contributed by atoms with Crippen LogP contribution in [-0.2, 0) is 0 Å². The Kier molecular flexibility index (Phi) is 4.47. The minimum atomic E-state index is -0.427. The number of imidazole rings is 1. The van der Waals surface area contributed by atoms with E-state index < -0.39 is 5.82 Å². The van der Waals surface area contributed by atoms with Gasteiger partial charge in [0.25, 0.3) is 0 Å². The zero-order valence-corrected chi connectivity index (χ0v) is 14.9. The molecule has 7 nitrogen and oxygen atoms in total. The van der Waals surface area contributed by atoms with Crippen molar-refractivity contribution >= 4 is 34.8 Å². The van der Waals surface area contributed by atoms with E-state index in [4.69, 9.17) is 11.6 Å². The highest BCUT2D eigenvalue weighted by molar-refractivity contribution is 6.28. The number of nitrogens with zero attached hydrogens (tertiary/aromatic N) is 6. The molecule has 0 saturated carbocycles. The van der Waals surface area contributed by atoms with Crippen molar-refractivity contribution in [3.8, 4) is 5.82 Å². The summed E-state index contributed by atoms with van der Waals surface area (Å²) in [5.74, 6) is 0.390. The van der Waals surface area contributed by atoms with Gasteiger partial charge in [-0.1, -0.05) is 29.8 Å². The summed E-state index contributed by atoms with van der Waals surface area (Å²) in [5.41, 5.74) is 5.83. The number of nitrogens with one attached hydrogen (secondary N) is 1. The van der Waals surface area contributed by atoms with Gasteiger partial charge in [-0.05, 0) is 36.2 Å². The van der Waals surface area contributed by atoms with Crippen LogP contribution in [0, 0.1) is 12.7 Å². The number of aromatic nitrogens is 5. The van der Waals surface area contributed by atoms with E-state index in [0.29, 0.717) is 22.8 Å². The third-order valence-electron chi connectivity index (χ3n) is 3.75. The van der Waals surface area contributed by atoms with Crippen LogP contribution in [0.3, 0.4) is 0 Å². The number of fused-ring (bicyclic) bond motifs is 1. The van der Waals surface area contributed by atoms with Crippen LogP contribution in [0.5, 0.6) is 0 Å². The lowest BCUT2D eigenvalue weighted by molar-refractivity contribution is 0.620. The molecule has 1 N–H and O–H groups in total. The van der Waals surface area contributed by atoms with Crippen LogP contribution in [0.25, 0.3) is 17.0 Å². The van der Waals surface area contributed by atoms with Gasteiger partial charge in [0.2, 0.25) is 5.28 Å². The maximum atomic E-state index is 13.1. The maximum Gasteiger partial charge on any atom is 0.226 e. The molecule has 3 heterocycles. The van der Waals surface area contributed by atoms with Crippen LogP contribution in [0.15, 0.2) is 54.0 Å². The lowest BCUT2D eigenvalue weighted by Gasteiger charge is -2.04. The quantitative estimate of drug-likeness (QED) is 0.331. The van der Waals surface area contributed by atoms with E-state index in [1.807, 2.05) is 31.2 Å². The van der Waals surface area contributed by atoms with Gasteiger partial charge >= 0.3 is 0 Å². The standard InChI is InChI=1S/C18H13ClFN7/c1-11-3-2-4-12(7-11)8-23-26-16-15-17(25-18(19)24-16)27(10-22-15)14-6-5-13(20)9-21-14/h2-10H,1H3,(H,24,25,26)/b23-8+. The Bertz CT molecular complexity index is 1140. The van der Waals surface area contributed by atoms with Crippen LogP contribution in [0.4, 0.5) is 10.2 Å². The van der Waals surface area contributed by atoms with Crippen molar-refractivity contribution in [2.45, 2.75) is 6.92 Å². The third-order valence-corrected chi connectivity index (χ3v) is 3.92. The van der Waals surface area contributed by atoms with Gasteiger partial charge < -0.3 is 0 Å². The average molecular weight is 382 g/mol. The van der Waals surface area contributed by atoms with E-state index in [1.165, 1.54) is 18.5 Å². The van der Waals surface area contributed by atoms with E-state index in [1.54, 1.807) is 10.8 Å². The van der Waals surface area contributed by atoms with Crippen LogP contribution < -0.4 is 5.43 Å². The molecule has 0 saturated heterocycles. The van der Waals surface area contributed by atoms with Crippen molar-refractivity contribution in [1.82, 2.24) is 24.5 Å². The second kappa shape index (κ2) is 7.08. The Morgan fingerprint density at radius 3 is 2.85 bits per heavy atom. The van der Waals surface area contributed by atoms with Crippen molar-refractivity contribution in [3.63, 3.8) is 0 Å². The largest absolute Gasteiger partial charge is 0.267 e. The lowest BCUT2D eigenvalue weighted by Crippen LogP contribution is -2.00. The molecule has 0 aliphatic carbocycles. The molecule has 3 aromatic heterocycles. The second-order valence-electron chi connectivity index (χ2n) is 5.75. The molecule has 0 amide bonds. The first-order valence-electron chi connectivity index (χ1n) is 7.98. The van der Waals surface area contributed by atoms with E-state index in [-0.39, 0.29) is 5.28 Å². The number of pyridine rings is 1. The Labute approximate surface area is 158 Å². The summed E-state index contributed by atoms with van der Waals surface area (Å²) in [6, 6.07) is 10.7. The molecule has 0 radical (unpaired) electrons. The SMILES string of the molecule is Cc1cccc(/C=N/Nc2nc(Cl)nc3c2ncn3-c2ccc(F)cn2)c1. The van der Waals surface area contributed by atoms with Crippen molar-refractivity contribution in [3.05, 3.63) is 71.2 Å². The molecule has 0 atom stereocenters. The topological polar surface area (TPSA) is 80.9 Å². The van der Waals surface area contributed by atoms with Crippen molar-refractivity contribution in [1.29, 1.82) is 0 Å². The first kappa shape index (κ1) is 17.0. The smallest absolute Gasteiger partial charge is 0.226 e. The second-order valence-corrected chi connectivity index (χ2v) is 6.08. The van der Waals surface area contributed by atoms with Gasteiger partial charge in [-0.2, -0.15) is 15.1 Å². The van der Waals surface area contributed by atoms with Gasteiger partial charge in [-0.3, -0.25) is 9.99 Å². The molecular formula is C18H13ClFN7. The number of hydrogen-bond acceptors (Lipinski definition) is 6. The minimum Gasteiger partial charge on any atom is -0.267 e. The summed E-state index contributed by atoms with van der Waals surface area (Å²) in [5, 5.41) is 4.23. The first-order valence-corrected chi connectivity index (χ1v) is 8.36. The van der Waals surface area contributed by atoms with Crippen LogP contribution in [0.2, 0.25) is 5.28 Å². The first-order chi connectivity index (χ1) is 13.1. The van der Waals surface area contributed by atoms with E-state index in [2.05, 4.69) is 30.5 Å². The molecule has 27 heavy (non-hydrogen) atoms. The summed E-state index contributed by atoms with van der Waals surface area (Å²) in [7, 11) is 0. The highest BCUT2D eigenvalue weighted by atomic mass is 35.5. The molecule has 9 heteroatoms. The summed E-state index contributed by atoms with van der Waals surface area (Å²) in [6.45, 7) is 2.01. The highest BCUT2D eigenvalue weighted by Crippen LogP contribution is 2.23. The molecule has 0 fully saturated rings. The number of hydrogen-bond donors (Lipinski definition) is 1. The fourth-order valence-corrected chi connectivity index (χ4v) is 2.71. The molecule has 0 aliphatic heterocycles. The summed E-state index contributed by atoms with van der Waals surface area (Å²) in [6.07, 6.45) is 4.31. The van der Waals surface area contributed by atoms with Gasteiger partial charge in [-0.15, -0.1) is 0 Å². The molecular weight excluding hydrogens is 369 g/mol. The average Bonchev–Trinajstić information content (AvgIpc) is 3.06. The number of rotatable bonds is 4. The third kappa shape index (κ3) is 3.61. The van der Waals surface area contributed by atoms with Crippen molar-refractivity contribution in [2.75, 3.05) is 5.43 Å². The van der Waals surface area contributed by atoms with Gasteiger partial charge in [0.1, 0.15) is 18.0 Å². The molecule has 0 bridgehead atoms. The Morgan fingerprint density at radius 2 is 2.07 bits per heavy atom. The van der Waals surface area contributed by atoms with Crippen LogP contribution in [0.1, 0.15) is 11.1 Å². The predicted molar refractivity (Wildman–Crippen MR) is 102 cm³/mol. The Balaban J connectivity index is 1.68. The van der Waals surface area contributed by atoms with Crippen LogP contribution in [-0.4, -0.2) is 30.7 Å².